The highest BCUT2D eigenvalue weighted by Crippen LogP contribution is 2.36. The molecule has 0 amide bonds. The first-order chi connectivity index (χ1) is 13.5. The lowest BCUT2D eigenvalue weighted by molar-refractivity contribution is -0.142. The zero-order valence-corrected chi connectivity index (χ0v) is 15.8. The summed E-state index contributed by atoms with van der Waals surface area (Å²) in [6, 6.07) is 10.2. The van der Waals surface area contributed by atoms with Crippen LogP contribution in [0.2, 0.25) is 0 Å². The number of carbonyl (C=O) groups excluding carboxylic acids is 2. The van der Waals surface area contributed by atoms with Crippen molar-refractivity contribution in [2.45, 2.75) is 6.92 Å². The van der Waals surface area contributed by atoms with E-state index in [0.29, 0.717) is 40.7 Å². The van der Waals surface area contributed by atoms with Gasteiger partial charge in [0.15, 0.2) is 23.9 Å². The number of ketones is 1. The third kappa shape index (κ3) is 4.09. The number of benzene rings is 2. The lowest BCUT2D eigenvalue weighted by Crippen LogP contribution is -2.12. The van der Waals surface area contributed by atoms with Crippen molar-refractivity contribution >= 4 is 17.8 Å². The molecule has 7 heteroatoms. The number of rotatable bonds is 7. The summed E-state index contributed by atoms with van der Waals surface area (Å²) in [5.41, 5.74) is 1.17. The van der Waals surface area contributed by atoms with Gasteiger partial charge >= 0.3 is 5.97 Å². The van der Waals surface area contributed by atoms with Gasteiger partial charge in [0.25, 0.3) is 0 Å². The van der Waals surface area contributed by atoms with Gasteiger partial charge in [0.05, 0.1) is 26.4 Å². The lowest BCUT2D eigenvalue weighted by atomic mass is 10.1. The molecule has 1 aliphatic heterocycles. The summed E-state index contributed by atoms with van der Waals surface area (Å²) in [5.74, 6) is 1.41. The van der Waals surface area contributed by atoms with E-state index in [0.717, 1.165) is 0 Å². The van der Waals surface area contributed by atoms with Crippen LogP contribution in [-0.2, 0) is 9.53 Å². The molecule has 146 valence electrons. The van der Waals surface area contributed by atoms with Gasteiger partial charge in [-0.15, -0.1) is 0 Å². The monoisotopic (exact) mass is 384 g/mol. The van der Waals surface area contributed by atoms with Crippen LogP contribution >= 0.6 is 0 Å². The zero-order chi connectivity index (χ0) is 20.1. The Labute approximate surface area is 162 Å². The van der Waals surface area contributed by atoms with Gasteiger partial charge in [-0.05, 0) is 42.8 Å². The summed E-state index contributed by atoms with van der Waals surface area (Å²) in [4.78, 5) is 23.8. The maximum Gasteiger partial charge on any atom is 0.343 e. The van der Waals surface area contributed by atoms with Crippen molar-refractivity contribution in [1.29, 1.82) is 0 Å². The number of methoxy groups -OCH3 is 2. The molecule has 2 aromatic rings. The molecule has 2 aromatic carbocycles. The van der Waals surface area contributed by atoms with E-state index in [1.54, 1.807) is 42.5 Å². The van der Waals surface area contributed by atoms with Gasteiger partial charge in [-0.2, -0.15) is 0 Å². The summed E-state index contributed by atoms with van der Waals surface area (Å²) in [6.45, 7) is 2.18. The summed E-state index contributed by atoms with van der Waals surface area (Å²) in [5, 5.41) is 0. The van der Waals surface area contributed by atoms with Gasteiger partial charge in [0, 0.05) is 6.07 Å². The van der Waals surface area contributed by atoms with Gasteiger partial charge in [0.2, 0.25) is 5.78 Å². The summed E-state index contributed by atoms with van der Waals surface area (Å²) in [7, 11) is 2.77. The van der Waals surface area contributed by atoms with Gasteiger partial charge in [-0.25, -0.2) is 4.79 Å². The van der Waals surface area contributed by atoms with Crippen LogP contribution in [0.4, 0.5) is 0 Å². The number of esters is 1. The molecule has 1 aliphatic rings. The third-order valence-corrected chi connectivity index (χ3v) is 4.01. The number of ether oxygens (including phenoxy) is 5. The van der Waals surface area contributed by atoms with Crippen molar-refractivity contribution in [3.63, 3.8) is 0 Å². The van der Waals surface area contributed by atoms with Gasteiger partial charge in [-0.3, -0.25) is 4.79 Å². The molecule has 28 heavy (non-hydrogen) atoms. The second-order valence-electron chi connectivity index (χ2n) is 5.81. The highest BCUT2D eigenvalue weighted by atomic mass is 16.6. The predicted molar refractivity (Wildman–Crippen MR) is 101 cm³/mol. The maximum absolute atomic E-state index is 12.6. The molecule has 3 rings (SSSR count). The summed E-state index contributed by atoms with van der Waals surface area (Å²) in [6.07, 6.45) is 1.62. The minimum absolute atomic E-state index is 0.203. The minimum Gasteiger partial charge on any atom is -0.494 e. The third-order valence-electron chi connectivity index (χ3n) is 4.01. The molecule has 1 heterocycles. The van der Waals surface area contributed by atoms with Crippen molar-refractivity contribution in [3.8, 4) is 23.0 Å². The van der Waals surface area contributed by atoms with Gasteiger partial charge < -0.3 is 23.7 Å². The fourth-order valence-electron chi connectivity index (χ4n) is 2.66. The highest BCUT2D eigenvalue weighted by molar-refractivity contribution is 6.14. The van der Waals surface area contributed by atoms with Crippen LogP contribution in [0.15, 0.2) is 42.2 Å². The highest BCUT2D eigenvalue weighted by Gasteiger charge is 2.27. The quantitative estimate of drug-likeness (QED) is 0.535. The van der Waals surface area contributed by atoms with Crippen LogP contribution in [0, 0.1) is 0 Å². The van der Waals surface area contributed by atoms with Crippen LogP contribution in [-0.4, -0.2) is 39.2 Å². The van der Waals surface area contributed by atoms with Crippen LogP contribution in [0.25, 0.3) is 6.08 Å². The first kappa shape index (κ1) is 19.3. The largest absolute Gasteiger partial charge is 0.494 e. The van der Waals surface area contributed by atoms with Crippen molar-refractivity contribution in [1.82, 2.24) is 0 Å². The molecule has 7 nitrogen and oxygen atoms in total. The molecule has 0 radical (unpaired) electrons. The van der Waals surface area contributed by atoms with Crippen molar-refractivity contribution in [2.24, 2.45) is 0 Å². The number of hydrogen-bond acceptors (Lipinski definition) is 7. The number of hydrogen-bond donors (Lipinski definition) is 0. The molecule has 0 saturated heterocycles. The Bertz CT molecular complexity index is 930. The predicted octanol–water partition coefficient (Wildman–Crippen LogP) is 3.26. The average molecular weight is 384 g/mol. The van der Waals surface area contributed by atoms with E-state index < -0.39 is 5.97 Å². The van der Waals surface area contributed by atoms with E-state index >= 15 is 0 Å². The van der Waals surface area contributed by atoms with E-state index in [2.05, 4.69) is 4.74 Å². The molecule has 0 spiro atoms. The van der Waals surface area contributed by atoms with E-state index in [1.165, 1.54) is 14.2 Å². The first-order valence-electron chi connectivity index (χ1n) is 8.64. The fourth-order valence-corrected chi connectivity index (χ4v) is 2.66. The SMILES string of the molecule is CCOc1ccc2c(c1)OC(=Cc1ccc(OCC(=O)OC)c(OC)c1)C2=O. The smallest absolute Gasteiger partial charge is 0.343 e. The Kier molecular flexibility index (Phi) is 5.84. The zero-order valence-electron chi connectivity index (χ0n) is 15.8. The standard InChI is InChI=1S/C21H20O7/c1-4-26-14-6-7-15-17(11-14)28-19(21(15)23)10-13-5-8-16(18(9-13)24-2)27-12-20(22)25-3/h5-11H,4,12H2,1-3H3. The second-order valence-corrected chi connectivity index (χ2v) is 5.81. The van der Waals surface area contributed by atoms with Crippen LogP contribution in [0.5, 0.6) is 23.0 Å². The Morgan fingerprint density at radius 1 is 1.07 bits per heavy atom. The Morgan fingerprint density at radius 3 is 2.61 bits per heavy atom. The number of allylic oxidation sites excluding steroid dienone is 1. The van der Waals surface area contributed by atoms with Crippen molar-refractivity contribution in [3.05, 3.63) is 53.3 Å². The van der Waals surface area contributed by atoms with Crippen molar-refractivity contribution in [2.75, 3.05) is 27.4 Å². The minimum atomic E-state index is -0.498. The van der Waals surface area contributed by atoms with E-state index in [4.69, 9.17) is 18.9 Å². The van der Waals surface area contributed by atoms with Gasteiger partial charge in [0.1, 0.15) is 11.5 Å². The molecule has 0 bridgehead atoms. The number of carbonyl (C=O) groups is 2. The molecule has 0 aliphatic carbocycles. The molecule has 0 fully saturated rings. The average Bonchev–Trinajstić information content (AvgIpc) is 3.01. The lowest BCUT2D eigenvalue weighted by Gasteiger charge is -2.10. The number of Topliss-reactive ketones (excluding diaryl/α,β-unsaturated/α-hetero) is 1. The molecule has 0 saturated carbocycles. The normalized spacial score (nSPS) is 13.7. The first-order valence-corrected chi connectivity index (χ1v) is 8.64. The second kappa shape index (κ2) is 8.47. The molecule has 0 atom stereocenters. The molecule has 0 N–H and O–H groups in total. The molecule has 0 aromatic heterocycles. The summed E-state index contributed by atoms with van der Waals surface area (Å²) < 4.78 is 26.4. The molecular formula is C21H20O7. The Morgan fingerprint density at radius 2 is 1.89 bits per heavy atom. The Hall–Kier alpha value is -3.48. The van der Waals surface area contributed by atoms with Crippen LogP contribution in [0.3, 0.4) is 0 Å². The fraction of sp³-hybridized carbons (Fsp3) is 0.238. The topological polar surface area (TPSA) is 80.3 Å². The van der Waals surface area contributed by atoms with E-state index in [1.807, 2.05) is 6.92 Å². The Balaban J connectivity index is 1.81. The summed E-state index contributed by atoms with van der Waals surface area (Å²) >= 11 is 0. The number of fused-ring (bicyclic) bond motifs is 1. The van der Waals surface area contributed by atoms with E-state index in [-0.39, 0.29) is 18.1 Å². The van der Waals surface area contributed by atoms with Crippen LogP contribution in [0.1, 0.15) is 22.8 Å². The van der Waals surface area contributed by atoms with Gasteiger partial charge in [-0.1, -0.05) is 6.07 Å². The maximum atomic E-state index is 12.6. The molecular weight excluding hydrogens is 364 g/mol. The van der Waals surface area contributed by atoms with Crippen LogP contribution < -0.4 is 18.9 Å². The van der Waals surface area contributed by atoms with E-state index in [9.17, 15) is 9.59 Å². The molecule has 0 unspecified atom stereocenters. The van der Waals surface area contributed by atoms with Crippen molar-refractivity contribution < 1.29 is 33.3 Å².